The summed E-state index contributed by atoms with van der Waals surface area (Å²) in [7, 11) is 1.28. The summed E-state index contributed by atoms with van der Waals surface area (Å²) in [5.74, 6) is -1.16. The molecule has 0 aliphatic carbocycles. The van der Waals surface area contributed by atoms with E-state index in [9.17, 15) is 14.9 Å². The van der Waals surface area contributed by atoms with Gasteiger partial charge in [-0.25, -0.2) is 4.79 Å². The molecule has 0 aromatic heterocycles. The third-order valence-corrected chi connectivity index (χ3v) is 1.77. The Morgan fingerprint density at radius 1 is 1.62 bits per heavy atom. The van der Waals surface area contributed by atoms with E-state index in [1.807, 2.05) is 0 Å². The average Bonchev–Trinajstić information content (AvgIpc) is 2.25. The number of oxime groups is 1. The van der Waals surface area contributed by atoms with E-state index in [2.05, 4.69) is 9.99 Å². The van der Waals surface area contributed by atoms with Gasteiger partial charge < -0.3 is 9.94 Å². The lowest BCUT2D eigenvalue weighted by molar-refractivity contribution is -0.385. The molecular weight excluding hydrogens is 216 g/mol. The van der Waals surface area contributed by atoms with Crippen LogP contribution in [0.2, 0.25) is 0 Å². The van der Waals surface area contributed by atoms with Crippen molar-refractivity contribution in [2.45, 2.75) is 0 Å². The number of nitro benzene ring substituents is 1. The van der Waals surface area contributed by atoms with Gasteiger partial charge in [-0.05, 0) is 12.1 Å². The topological polar surface area (TPSA) is 102 Å². The minimum atomic E-state index is -1.16. The molecule has 0 fully saturated rings. The first-order chi connectivity index (χ1) is 7.56. The van der Waals surface area contributed by atoms with Crippen LogP contribution in [-0.2, 0) is 4.84 Å². The van der Waals surface area contributed by atoms with Gasteiger partial charge in [-0.3, -0.25) is 10.1 Å². The van der Waals surface area contributed by atoms with Crippen LogP contribution in [0.4, 0.5) is 5.69 Å². The molecular formula is C9H8N2O5. The summed E-state index contributed by atoms with van der Waals surface area (Å²) in [4.78, 5) is 25.0. The molecule has 7 nitrogen and oxygen atoms in total. The number of rotatable bonds is 4. The van der Waals surface area contributed by atoms with Crippen molar-refractivity contribution in [2.24, 2.45) is 5.16 Å². The fraction of sp³-hybridized carbons (Fsp3) is 0.111. The molecule has 7 heteroatoms. The molecule has 0 radical (unpaired) electrons. The van der Waals surface area contributed by atoms with Gasteiger partial charge in [-0.1, -0.05) is 5.16 Å². The van der Waals surface area contributed by atoms with Crippen LogP contribution in [0.1, 0.15) is 15.9 Å². The van der Waals surface area contributed by atoms with Crippen molar-refractivity contribution in [3.63, 3.8) is 0 Å². The Morgan fingerprint density at radius 3 is 2.81 bits per heavy atom. The predicted octanol–water partition coefficient (Wildman–Crippen LogP) is 1.27. The zero-order valence-electron chi connectivity index (χ0n) is 8.28. The number of aromatic carboxylic acids is 1. The zero-order chi connectivity index (χ0) is 12.1. The number of benzene rings is 1. The van der Waals surface area contributed by atoms with E-state index in [1.165, 1.54) is 7.11 Å². The van der Waals surface area contributed by atoms with Gasteiger partial charge in [0.15, 0.2) is 0 Å². The Balaban J connectivity index is 3.26. The highest BCUT2D eigenvalue weighted by atomic mass is 16.6. The van der Waals surface area contributed by atoms with Crippen LogP contribution in [0.25, 0.3) is 0 Å². The molecule has 1 N–H and O–H groups in total. The molecule has 1 aromatic carbocycles. The van der Waals surface area contributed by atoms with Crippen molar-refractivity contribution in [2.75, 3.05) is 7.11 Å². The molecule has 1 rings (SSSR count). The number of carboxylic acid groups (broad SMARTS) is 1. The van der Waals surface area contributed by atoms with Crippen molar-refractivity contribution in [1.82, 2.24) is 0 Å². The lowest BCUT2D eigenvalue weighted by Gasteiger charge is -1.99. The van der Waals surface area contributed by atoms with E-state index < -0.39 is 10.9 Å². The predicted molar refractivity (Wildman–Crippen MR) is 54.7 cm³/mol. The number of carbonyl (C=O) groups is 1. The molecule has 0 unspecified atom stereocenters. The maximum Gasteiger partial charge on any atom is 0.335 e. The number of nitro groups is 1. The number of nitrogens with zero attached hydrogens (tertiary/aromatic N) is 2. The highest BCUT2D eigenvalue weighted by molar-refractivity contribution is 5.93. The van der Waals surface area contributed by atoms with Gasteiger partial charge in [0.2, 0.25) is 0 Å². The fourth-order valence-corrected chi connectivity index (χ4v) is 1.07. The number of hydrogen-bond donors (Lipinski definition) is 1. The van der Waals surface area contributed by atoms with Crippen LogP contribution in [0.15, 0.2) is 23.4 Å². The van der Waals surface area contributed by atoms with Crippen molar-refractivity contribution in [3.05, 3.63) is 39.4 Å². The first-order valence-electron chi connectivity index (χ1n) is 4.14. The molecule has 16 heavy (non-hydrogen) atoms. The summed E-state index contributed by atoms with van der Waals surface area (Å²) in [6, 6.07) is 3.42. The van der Waals surface area contributed by atoms with Gasteiger partial charge in [0.1, 0.15) is 7.11 Å². The van der Waals surface area contributed by atoms with E-state index in [0.29, 0.717) is 0 Å². The van der Waals surface area contributed by atoms with Gasteiger partial charge in [0.05, 0.1) is 22.3 Å². The van der Waals surface area contributed by atoms with Gasteiger partial charge in [0, 0.05) is 6.07 Å². The zero-order valence-corrected chi connectivity index (χ0v) is 8.28. The third-order valence-electron chi connectivity index (χ3n) is 1.77. The summed E-state index contributed by atoms with van der Waals surface area (Å²) in [6.45, 7) is 0. The van der Waals surface area contributed by atoms with Crippen LogP contribution >= 0.6 is 0 Å². The normalized spacial score (nSPS) is 10.3. The summed E-state index contributed by atoms with van der Waals surface area (Å²) < 4.78 is 0. The maximum atomic E-state index is 10.7. The summed E-state index contributed by atoms with van der Waals surface area (Å²) in [5.41, 5.74) is -0.208. The molecule has 0 saturated carbocycles. The minimum absolute atomic E-state index is 0.0526. The Morgan fingerprint density at radius 2 is 2.31 bits per heavy atom. The number of carboxylic acids is 1. The van der Waals surface area contributed by atoms with E-state index >= 15 is 0 Å². The van der Waals surface area contributed by atoms with Crippen LogP contribution in [-0.4, -0.2) is 29.3 Å². The van der Waals surface area contributed by atoms with Gasteiger partial charge in [-0.2, -0.15) is 0 Å². The highest BCUT2D eigenvalue weighted by Crippen LogP contribution is 2.18. The van der Waals surface area contributed by atoms with Crippen molar-refractivity contribution >= 4 is 17.9 Å². The SMILES string of the molecule is CON=Cc1cc(C(=O)O)ccc1[N+](=O)[O-]. The molecule has 0 bridgehead atoms. The standard InChI is InChI=1S/C9H8N2O5/c1-16-10-5-7-4-6(9(12)13)2-3-8(7)11(14)15/h2-5H,1H3,(H,12,13). The largest absolute Gasteiger partial charge is 0.478 e. The average molecular weight is 224 g/mol. The second-order valence-electron chi connectivity index (χ2n) is 2.75. The number of hydrogen-bond acceptors (Lipinski definition) is 5. The first kappa shape index (κ1) is 11.6. The van der Waals surface area contributed by atoms with E-state index in [1.54, 1.807) is 0 Å². The quantitative estimate of drug-likeness (QED) is 0.471. The molecule has 0 aliphatic heterocycles. The fourth-order valence-electron chi connectivity index (χ4n) is 1.07. The molecule has 0 amide bonds. The Kier molecular flexibility index (Phi) is 3.54. The first-order valence-corrected chi connectivity index (χ1v) is 4.14. The van der Waals surface area contributed by atoms with Crippen molar-refractivity contribution in [1.29, 1.82) is 0 Å². The van der Waals surface area contributed by atoms with Crippen LogP contribution in [0.3, 0.4) is 0 Å². The van der Waals surface area contributed by atoms with E-state index in [4.69, 9.17) is 5.11 Å². The highest BCUT2D eigenvalue weighted by Gasteiger charge is 2.15. The summed E-state index contributed by atoms with van der Waals surface area (Å²) in [5, 5.41) is 22.7. The second kappa shape index (κ2) is 4.87. The summed E-state index contributed by atoms with van der Waals surface area (Å²) >= 11 is 0. The lowest BCUT2D eigenvalue weighted by atomic mass is 10.1. The Labute approximate surface area is 90.1 Å². The Hall–Kier alpha value is -2.44. The van der Waals surface area contributed by atoms with Crippen LogP contribution < -0.4 is 0 Å². The third kappa shape index (κ3) is 2.53. The van der Waals surface area contributed by atoms with Crippen molar-refractivity contribution in [3.8, 4) is 0 Å². The van der Waals surface area contributed by atoms with Gasteiger partial charge >= 0.3 is 5.97 Å². The molecule has 0 saturated heterocycles. The van der Waals surface area contributed by atoms with Crippen molar-refractivity contribution < 1.29 is 19.7 Å². The molecule has 0 heterocycles. The smallest absolute Gasteiger partial charge is 0.335 e. The van der Waals surface area contributed by atoms with Crippen LogP contribution in [0, 0.1) is 10.1 Å². The van der Waals surface area contributed by atoms with E-state index in [0.717, 1.165) is 24.4 Å². The molecule has 0 atom stereocenters. The molecule has 1 aromatic rings. The monoisotopic (exact) mass is 224 g/mol. The minimum Gasteiger partial charge on any atom is -0.478 e. The molecule has 84 valence electrons. The molecule has 0 spiro atoms. The van der Waals surface area contributed by atoms with Crippen LogP contribution in [0.5, 0.6) is 0 Å². The Bertz CT molecular complexity index is 455. The maximum absolute atomic E-state index is 10.7. The van der Waals surface area contributed by atoms with Gasteiger partial charge in [0.25, 0.3) is 5.69 Å². The second-order valence-corrected chi connectivity index (χ2v) is 2.75. The molecule has 0 aliphatic rings. The summed E-state index contributed by atoms with van der Waals surface area (Å²) in [6.07, 6.45) is 1.09. The van der Waals surface area contributed by atoms with E-state index in [-0.39, 0.29) is 16.8 Å². The van der Waals surface area contributed by atoms with Gasteiger partial charge in [-0.15, -0.1) is 0 Å². The lowest BCUT2D eigenvalue weighted by Crippen LogP contribution is -2.01.